The number of alkyl halides is 1. The van der Waals surface area contributed by atoms with Crippen LogP contribution in [0.5, 0.6) is 0 Å². The van der Waals surface area contributed by atoms with Crippen LogP contribution in [0.3, 0.4) is 0 Å². The number of halogens is 2. The van der Waals surface area contributed by atoms with E-state index in [1.807, 2.05) is 11.3 Å². The molecule has 1 aromatic rings. The quantitative estimate of drug-likeness (QED) is 0.708. The van der Waals surface area contributed by atoms with Gasteiger partial charge in [-0.2, -0.15) is 0 Å². The summed E-state index contributed by atoms with van der Waals surface area (Å²) in [7, 11) is 0. The molecule has 1 saturated heterocycles. The van der Waals surface area contributed by atoms with Gasteiger partial charge in [-0.25, -0.2) is 0 Å². The lowest BCUT2D eigenvalue weighted by Crippen LogP contribution is -2.34. The molecule has 1 aliphatic heterocycles. The first-order chi connectivity index (χ1) is 7.79. The van der Waals surface area contributed by atoms with Crippen LogP contribution in [0.2, 0.25) is 0 Å². The van der Waals surface area contributed by atoms with E-state index in [0.717, 1.165) is 17.8 Å². The van der Waals surface area contributed by atoms with Gasteiger partial charge in [-0.15, -0.1) is 11.3 Å². The van der Waals surface area contributed by atoms with Crippen molar-refractivity contribution in [2.24, 2.45) is 5.92 Å². The first-order valence-electron chi connectivity index (χ1n) is 5.80. The van der Waals surface area contributed by atoms with Gasteiger partial charge in [0.05, 0.1) is 0 Å². The van der Waals surface area contributed by atoms with E-state index in [2.05, 4.69) is 48.2 Å². The molecule has 0 radical (unpaired) electrons. The Kier molecular flexibility index (Phi) is 5.33. The Morgan fingerprint density at radius 1 is 1.50 bits per heavy atom. The topological polar surface area (TPSA) is 3.24 Å². The monoisotopic (exact) mass is 365 g/mol. The zero-order chi connectivity index (χ0) is 11.4. The highest BCUT2D eigenvalue weighted by Gasteiger charge is 2.20. The molecule has 0 saturated carbocycles. The van der Waals surface area contributed by atoms with E-state index < -0.39 is 0 Å². The van der Waals surface area contributed by atoms with E-state index in [1.54, 1.807) is 0 Å². The van der Waals surface area contributed by atoms with Crippen molar-refractivity contribution in [1.82, 2.24) is 4.90 Å². The summed E-state index contributed by atoms with van der Waals surface area (Å²) in [6.07, 6.45) is 4.09. The van der Waals surface area contributed by atoms with Gasteiger partial charge >= 0.3 is 0 Å². The minimum absolute atomic E-state index is 0.895. The highest BCUT2D eigenvalue weighted by atomic mass is 79.9. The molecule has 0 spiro atoms. The predicted molar refractivity (Wildman–Crippen MR) is 78.4 cm³/mol. The summed E-state index contributed by atoms with van der Waals surface area (Å²) in [5.74, 6) is 0.895. The molecule has 1 unspecified atom stereocenters. The third kappa shape index (κ3) is 3.56. The molecule has 1 nitrogen and oxygen atoms in total. The molecule has 0 aliphatic carbocycles. The average Bonchev–Trinajstić information content (AvgIpc) is 2.66. The SMILES string of the molecule is BrCCC1CCCN(Cc2sccc2Br)C1. The van der Waals surface area contributed by atoms with Gasteiger partial charge in [0.1, 0.15) is 0 Å². The van der Waals surface area contributed by atoms with E-state index in [9.17, 15) is 0 Å². The zero-order valence-electron chi connectivity index (χ0n) is 9.29. The summed E-state index contributed by atoms with van der Waals surface area (Å²) in [6.45, 7) is 3.66. The molecule has 0 aromatic carbocycles. The highest BCUT2D eigenvalue weighted by molar-refractivity contribution is 9.10. The molecule has 0 bridgehead atoms. The number of nitrogens with zero attached hydrogens (tertiary/aromatic N) is 1. The standard InChI is InChI=1S/C12H17Br2NS/c13-5-3-10-2-1-6-15(8-10)9-12-11(14)4-7-16-12/h4,7,10H,1-3,5-6,8-9H2. The van der Waals surface area contributed by atoms with Gasteiger partial charge < -0.3 is 0 Å². The van der Waals surface area contributed by atoms with Gasteiger partial charge in [-0.1, -0.05) is 15.9 Å². The van der Waals surface area contributed by atoms with E-state index in [4.69, 9.17) is 0 Å². The molecule has 4 heteroatoms. The Morgan fingerprint density at radius 3 is 3.06 bits per heavy atom. The Morgan fingerprint density at radius 2 is 2.38 bits per heavy atom. The molecule has 2 rings (SSSR count). The van der Waals surface area contributed by atoms with Crippen LogP contribution in [0.15, 0.2) is 15.9 Å². The van der Waals surface area contributed by atoms with E-state index in [-0.39, 0.29) is 0 Å². The summed E-state index contributed by atoms with van der Waals surface area (Å²) in [5.41, 5.74) is 0. The molecule has 1 fully saturated rings. The second-order valence-electron chi connectivity index (χ2n) is 4.41. The maximum absolute atomic E-state index is 3.62. The largest absolute Gasteiger partial charge is 0.298 e. The summed E-state index contributed by atoms with van der Waals surface area (Å²) in [4.78, 5) is 4.08. The summed E-state index contributed by atoms with van der Waals surface area (Å²) < 4.78 is 1.28. The fourth-order valence-corrected chi connectivity index (χ4v) is 4.49. The molecule has 0 amide bonds. The smallest absolute Gasteiger partial charge is 0.0339 e. The van der Waals surface area contributed by atoms with Crippen LogP contribution in [0.1, 0.15) is 24.1 Å². The van der Waals surface area contributed by atoms with Gasteiger partial charge in [0.15, 0.2) is 0 Å². The van der Waals surface area contributed by atoms with Crippen molar-refractivity contribution in [1.29, 1.82) is 0 Å². The number of hydrogen-bond donors (Lipinski definition) is 0. The first-order valence-corrected chi connectivity index (χ1v) is 8.59. The molecule has 2 heterocycles. The number of hydrogen-bond acceptors (Lipinski definition) is 2. The van der Waals surface area contributed by atoms with Crippen molar-refractivity contribution in [2.75, 3.05) is 18.4 Å². The van der Waals surface area contributed by atoms with Gasteiger partial charge in [0.2, 0.25) is 0 Å². The Hall–Kier alpha value is 0.620. The van der Waals surface area contributed by atoms with Crippen LogP contribution in [0, 0.1) is 5.92 Å². The highest BCUT2D eigenvalue weighted by Crippen LogP contribution is 2.27. The molecule has 1 aromatic heterocycles. The first kappa shape index (κ1) is 13.1. The molecule has 90 valence electrons. The second-order valence-corrected chi connectivity index (χ2v) is 7.06. The van der Waals surface area contributed by atoms with Crippen molar-refractivity contribution in [3.05, 3.63) is 20.8 Å². The van der Waals surface area contributed by atoms with Crippen molar-refractivity contribution in [3.8, 4) is 0 Å². The Bertz CT molecular complexity index is 325. The maximum atomic E-state index is 3.62. The van der Waals surface area contributed by atoms with Crippen molar-refractivity contribution in [3.63, 3.8) is 0 Å². The van der Waals surface area contributed by atoms with Crippen LogP contribution < -0.4 is 0 Å². The molecule has 1 aliphatic rings. The van der Waals surface area contributed by atoms with Crippen LogP contribution in [0.4, 0.5) is 0 Å². The average molecular weight is 367 g/mol. The predicted octanol–water partition coefficient (Wildman–Crippen LogP) is 4.51. The van der Waals surface area contributed by atoms with Gasteiger partial charge in [0, 0.05) is 27.8 Å². The van der Waals surface area contributed by atoms with Crippen molar-refractivity contribution >= 4 is 43.2 Å². The van der Waals surface area contributed by atoms with Crippen LogP contribution in [-0.4, -0.2) is 23.3 Å². The van der Waals surface area contributed by atoms with Crippen LogP contribution in [0.25, 0.3) is 0 Å². The van der Waals surface area contributed by atoms with Crippen molar-refractivity contribution < 1.29 is 0 Å². The van der Waals surface area contributed by atoms with Gasteiger partial charge in [0.25, 0.3) is 0 Å². The summed E-state index contributed by atoms with van der Waals surface area (Å²) in [6, 6.07) is 2.15. The Balaban J connectivity index is 1.88. The minimum Gasteiger partial charge on any atom is -0.298 e. The fourth-order valence-electron chi connectivity index (χ4n) is 2.33. The lowest BCUT2D eigenvalue weighted by Gasteiger charge is -2.32. The molecule has 1 atom stereocenters. The third-order valence-electron chi connectivity index (χ3n) is 3.18. The van der Waals surface area contributed by atoms with Crippen LogP contribution >= 0.6 is 43.2 Å². The second kappa shape index (κ2) is 6.53. The molecule has 0 N–H and O–H groups in total. The molecule has 16 heavy (non-hydrogen) atoms. The lowest BCUT2D eigenvalue weighted by molar-refractivity contribution is 0.166. The minimum atomic E-state index is 0.895. The number of rotatable bonds is 4. The summed E-state index contributed by atoms with van der Waals surface area (Å²) in [5, 5.41) is 3.31. The molecular formula is C12H17Br2NS. The number of piperidine rings is 1. The zero-order valence-corrected chi connectivity index (χ0v) is 13.3. The van der Waals surface area contributed by atoms with Gasteiger partial charge in [-0.05, 0) is 59.1 Å². The van der Waals surface area contributed by atoms with Crippen LogP contribution in [-0.2, 0) is 6.54 Å². The molecular weight excluding hydrogens is 350 g/mol. The number of likely N-dealkylation sites (tertiary alicyclic amines) is 1. The number of thiophene rings is 1. The van der Waals surface area contributed by atoms with E-state index in [0.29, 0.717) is 0 Å². The third-order valence-corrected chi connectivity index (χ3v) is 5.55. The van der Waals surface area contributed by atoms with E-state index in [1.165, 1.54) is 41.7 Å². The van der Waals surface area contributed by atoms with E-state index >= 15 is 0 Å². The Labute approximate surface area is 118 Å². The summed E-state index contributed by atoms with van der Waals surface area (Å²) >= 11 is 9.03. The lowest BCUT2D eigenvalue weighted by atomic mass is 9.96. The van der Waals surface area contributed by atoms with Crippen molar-refractivity contribution in [2.45, 2.75) is 25.8 Å². The normalized spacial score (nSPS) is 22.5. The van der Waals surface area contributed by atoms with Gasteiger partial charge in [-0.3, -0.25) is 4.90 Å². The fraction of sp³-hybridized carbons (Fsp3) is 0.667. The maximum Gasteiger partial charge on any atom is 0.0339 e.